The Hall–Kier alpha value is -4.74. The van der Waals surface area contributed by atoms with E-state index in [9.17, 15) is 14.4 Å². The molecule has 6 bridgehead atoms. The van der Waals surface area contributed by atoms with Crippen LogP contribution in [0.1, 0.15) is 64.2 Å². The highest BCUT2D eigenvalue weighted by Crippen LogP contribution is 2.38. The first-order valence-electron chi connectivity index (χ1n) is 17.2. The summed E-state index contributed by atoms with van der Waals surface area (Å²) in [6.07, 6.45) is 4.90. The minimum Gasteiger partial charge on any atom is -0.464 e. The van der Waals surface area contributed by atoms with Gasteiger partial charge in [0.25, 0.3) is 5.91 Å². The second-order valence-corrected chi connectivity index (χ2v) is 15.1. The number of carbonyl (C=O) groups excluding carboxylic acids is 3. The molecule has 50 heavy (non-hydrogen) atoms. The summed E-state index contributed by atoms with van der Waals surface area (Å²) in [7, 11) is 1.68. The van der Waals surface area contributed by atoms with Crippen molar-refractivity contribution in [3.05, 3.63) is 77.6 Å². The molecule has 0 unspecified atom stereocenters. The molecule has 3 N–H and O–H groups in total. The second kappa shape index (κ2) is 14.2. The van der Waals surface area contributed by atoms with Crippen LogP contribution in [0.25, 0.3) is 33.3 Å². The summed E-state index contributed by atoms with van der Waals surface area (Å²) >= 11 is 0. The molecule has 4 heterocycles. The normalized spacial score (nSPS) is 19.8. The Morgan fingerprint density at radius 1 is 1.12 bits per heavy atom. The monoisotopic (exact) mass is 681 g/mol. The third-order valence-electron chi connectivity index (χ3n) is 9.07. The number of hydrazine groups is 1. The van der Waals surface area contributed by atoms with E-state index in [1.807, 2.05) is 30.5 Å². The van der Waals surface area contributed by atoms with Crippen molar-refractivity contribution >= 4 is 28.9 Å². The molecule has 0 radical (unpaired) electrons. The zero-order chi connectivity index (χ0) is 35.6. The third kappa shape index (κ3) is 8.00. The van der Waals surface area contributed by atoms with Gasteiger partial charge in [0.05, 0.1) is 18.9 Å². The number of fused-ring (bicyclic) bond motifs is 6. The summed E-state index contributed by atoms with van der Waals surface area (Å²) in [6.45, 7) is 10.5. The molecule has 4 aromatic rings. The number of cyclic esters (lactones) is 1. The number of carbonyl (C=O) groups is 3. The van der Waals surface area contributed by atoms with Gasteiger partial charge in [0.15, 0.2) is 0 Å². The van der Waals surface area contributed by atoms with Gasteiger partial charge >= 0.3 is 12.1 Å². The Kier molecular flexibility index (Phi) is 10.00. The van der Waals surface area contributed by atoms with Gasteiger partial charge in [-0.2, -0.15) is 0 Å². The molecule has 1 fully saturated rings. The van der Waals surface area contributed by atoms with E-state index in [2.05, 4.69) is 58.8 Å². The number of H-pyrrole nitrogens is 1. The number of aromatic nitrogens is 2. The Bertz CT molecular complexity index is 1890. The minimum atomic E-state index is -0.942. The van der Waals surface area contributed by atoms with Gasteiger partial charge in [0.1, 0.15) is 17.7 Å². The molecular formula is C39H47N5O6. The quantitative estimate of drug-likeness (QED) is 0.220. The van der Waals surface area contributed by atoms with Crippen molar-refractivity contribution < 1.29 is 28.6 Å². The summed E-state index contributed by atoms with van der Waals surface area (Å²) < 4.78 is 17.0. The fraction of sp³-hybridized carbons (Fsp3) is 0.436. The molecule has 2 aliphatic heterocycles. The first kappa shape index (κ1) is 35.1. The Morgan fingerprint density at radius 3 is 2.70 bits per heavy atom. The van der Waals surface area contributed by atoms with Gasteiger partial charge in [-0.3, -0.25) is 19.6 Å². The number of methoxy groups -OCH3 is 1. The third-order valence-corrected chi connectivity index (χ3v) is 9.07. The molecule has 2 amide bonds. The number of esters is 1. The summed E-state index contributed by atoms with van der Waals surface area (Å²) in [6, 6.07) is 14.7. The first-order valence-corrected chi connectivity index (χ1v) is 17.2. The standard InChI is InChI=1S/C39H47N5O6/c1-38(2,3)50-37(47)42-33-18-24-9-7-10-25(17-24)26-12-13-31-28(19-26)29(34(41-31)30-21-40-15-14-27(30)22-48-6)20-39(4,5)23-49-36(46)32-11-8-16-44(43-32)35(33)45/h7,9-10,12-15,17,19,21,32-33,41,43H,8,11,16,18,20,22-23H2,1-6H3,(H,42,47)/t32-,33-/m0/s1. The smallest absolute Gasteiger partial charge is 0.408 e. The number of nitrogens with zero attached hydrogens (tertiary/aromatic N) is 2. The lowest BCUT2D eigenvalue weighted by Crippen LogP contribution is -2.60. The highest BCUT2D eigenvalue weighted by atomic mass is 16.6. The molecule has 0 spiro atoms. The number of aromatic amines is 1. The molecule has 6 rings (SSSR count). The number of pyridine rings is 1. The molecule has 11 nitrogen and oxygen atoms in total. The molecule has 0 saturated carbocycles. The van der Waals surface area contributed by atoms with Crippen LogP contribution in [0.3, 0.4) is 0 Å². The molecule has 2 aromatic heterocycles. The summed E-state index contributed by atoms with van der Waals surface area (Å²) in [5, 5.41) is 5.30. The van der Waals surface area contributed by atoms with Crippen molar-refractivity contribution in [2.45, 2.75) is 84.6 Å². The highest BCUT2D eigenvalue weighted by Gasteiger charge is 2.35. The van der Waals surface area contributed by atoms with Crippen LogP contribution in [0, 0.1) is 5.41 Å². The van der Waals surface area contributed by atoms with Crippen molar-refractivity contribution in [1.29, 1.82) is 0 Å². The number of ether oxygens (including phenoxy) is 3. The van der Waals surface area contributed by atoms with Crippen molar-refractivity contribution in [2.75, 3.05) is 20.3 Å². The molecule has 1 saturated heterocycles. The van der Waals surface area contributed by atoms with Crippen molar-refractivity contribution in [2.24, 2.45) is 5.41 Å². The van der Waals surface area contributed by atoms with Crippen LogP contribution in [-0.4, -0.2) is 70.9 Å². The predicted molar refractivity (Wildman–Crippen MR) is 191 cm³/mol. The zero-order valence-corrected chi connectivity index (χ0v) is 29.7. The number of nitrogens with one attached hydrogen (secondary N) is 3. The lowest BCUT2D eigenvalue weighted by molar-refractivity contribution is -0.155. The van der Waals surface area contributed by atoms with Crippen LogP contribution >= 0.6 is 0 Å². The van der Waals surface area contributed by atoms with E-state index in [1.54, 1.807) is 34.1 Å². The molecule has 0 aliphatic carbocycles. The largest absolute Gasteiger partial charge is 0.464 e. The van der Waals surface area contributed by atoms with Crippen LogP contribution in [-0.2, 0) is 43.2 Å². The minimum absolute atomic E-state index is 0.173. The Balaban J connectivity index is 1.46. The second-order valence-electron chi connectivity index (χ2n) is 15.1. The van der Waals surface area contributed by atoms with Crippen molar-refractivity contribution in [3.63, 3.8) is 0 Å². The van der Waals surface area contributed by atoms with Crippen LogP contribution < -0.4 is 10.7 Å². The maximum atomic E-state index is 14.0. The van der Waals surface area contributed by atoms with Gasteiger partial charge in [0, 0.05) is 54.4 Å². The molecule has 264 valence electrons. The number of amides is 2. The number of hydrogen-bond acceptors (Lipinski definition) is 8. The van der Waals surface area contributed by atoms with Crippen molar-refractivity contribution in [1.82, 2.24) is 25.7 Å². The Morgan fingerprint density at radius 2 is 1.92 bits per heavy atom. The van der Waals surface area contributed by atoms with Gasteiger partial charge < -0.3 is 24.5 Å². The molecule has 2 aliphatic rings. The van der Waals surface area contributed by atoms with Gasteiger partial charge in [0.2, 0.25) is 0 Å². The summed E-state index contributed by atoms with van der Waals surface area (Å²) in [4.78, 5) is 48.6. The van der Waals surface area contributed by atoms with Gasteiger partial charge in [-0.25, -0.2) is 10.2 Å². The van der Waals surface area contributed by atoms with Crippen LogP contribution in [0.2, 0.25) is 0 Å². The van der Waals surface area contributed by atoms with Crippen molar-refractivity contribution in [3.8, 4) is 22.4 Å². The predicted octanol–water partition coefficient (Wildman–Crippen LogP) is 6.10. The molecule has 11 heteroatoms. The van der Waals surface area contributed by atoms with Gasteiger partial charge in [-0.1, -0.05) is 44.2 Å². The maximum Gasteiger partial charge on any atom is 0.408 e. The number of benzene rings is 2. The van der Waals surface area contributed by atoms with E-state index < -0.39 is 35.2 Å². The SMILES string of the molecule is COCc1ccncc1-c1[nH]c2ccc3cc2c1CC(C)(C)COC(=O)[C@@H]1CCCN(N1)C(=O)[C@@H](NC(=O)OC(C)(C)C)Cc1cccc-3c1. The van der Waals surface area contributed by atoms with E-state index in [-0.39, 0.29) is 18.9 Å². The highest BCUT2D eigenvalue weighted by molar-refractivity contribution is 5.94. The average Bonchev–Trinajstić information content (AvgIpc) is 3.42. The van der Waals surface area contributed by atoms with Gasteiger partial charge in [-0.05, 0) is 86.1 Å². The fourth-order valence-electron chi connectivity index (χ4n) is 6.73. The van der Waals surface area contributed by atoms with E-state index in [0.717, 1.165) is 50.0 Å². The fourth-order valence-corrected chi connectivity index (χ4v) is 6.73. The van der Waals surface area contributed by atoms with Crippen LogP contribution in [0.15, 0.2) is 60.9 Å². The first-order chi connectivity index (χ1) is 23.8. The average molecular weight is 682 g/mol. The topological polar surface area (TPSA) is 135 Å². The molecular weight excluding hydrogens is 634 g/mol. The number of rotatable bonds is 4. The lowest BCUT2D eigenvalue weighted by atomic mass is 9.84. The van der Waals surface area contributed by atoms with Gasteiger partial charge in [-0.15, -0.1) is 0 Å². The van der Waals surface area contributed by atoms with E-state index in [4.69, 9.17) is 14.2 Å². The molecule has 2 aromatic carbocycles. The van der Waals surface area contributed by atoms with E-state index >= 15 is 0 Å². The maximum absolute atomic E-state index is 14.0. The summed E-state index contributed by atoms with van der Waals surface area (Å²) in [5.41, 5.74) is 9.76. The lowest BCUT2D eigenvalue weighted by Gasteiger charge is -2.35. The number of alkyl carbamates (subject to hydrolysis) is 1. The molecule has 2 atom stereocenters. The Labute approximate surface area is 293 Å². The van der Waals surface area contributed by atoms with Crippen LogP contribution in [0.4, 0.5) is 4.79 Å². The van der Waals surface area contributed by atoms with E-state index in [0.29, 0.717) is 32.4 Å². The number of hydrogen-bond donors (Lipinski definition) is 3. The van der Waals surface area contributed by atoms with Crippen LogP contribution in [0.5, 0.6) is 0 Å². The van der Waals surface area contributed by atoms with E-state index in [1.165, 1.54) is 5.01 Å². The summed E-state index contributed by atoms with van der Waals surface area (Å²) in [5.74, 6) is -0.772. The zero-order valence-electron chi connectivity index (χ0n) is 29.7.